The van der Waals surface area contributed by atoms with Crippen molar-refractivity contribution in [3.05, 3.63) is 47.3 Å². The van der Waals surface area contributed by atoms with E-state index in [1.165, 1.54) is 5.56 Å². The molecule has 0 amide bonds. The highest BCUT2D eigenvalue weighted by atomic mass is 16.5. The van der Waals surface area contributed by atoms with Crippen molar-refractivity contribution in [3.63, 3.8) is 0 Å². The van der Waals surface area contributed by atoms with Crippen LogP contribution in [0.3, 0.4) is 0 Å². The van der Waals surface area contributed by atoms with Crippen molar-refractivity contribution in [1.29, 1.82) is 0 Å². The average Bonchev–Trinajstić information content (AvgIpc) is 3.18. The first-order valence-electron chi connectivity index (χ1n) is 9.86. The fourth-order valence-electron chi connectivity index (χ4n) is 3.55. The monoisotopic (exact) mass is 370 g/mol. The van der Waals surface area contributed by atoms with Crippen LogP contribution < -0.4 is 15.4 Å². The fraction of sp³-hybridized carbons (Fsp3) is 0.524. The van der Waals surface area contributed by atoms with Gasteiger partial charge in [0.1, 0.15) is 5.75 Å². The molecule has 2 aromatic rings. The number of para-hydroxylation sites is 1. The Labute approximate surface area is 161 Å². The van der Waals surface area contributed by atoms with Crippen LogP contribution in [0.15, 0.2) is 39.8 Å². The molecule has 6 heteroatoms. The number of aliphatic imine (C=N–C) groups is 1. The lowest BCUT2D eigenvalue weighted by Crippen LogP contribution is -2.39. The number of nitrogens with zero attached hydrogens (tertiary/aromatic N) is 2. The molecule has 1 aromatic heterocycles. The van der Waals surface area contributed by atoms with Gasteiger partial charge < -0.3 is 19.9 Å². The zero-order valence-corrected chi connectivity index (χ0v) is 16.5. The number of aromatic nitrogens is 1. The zero-order chi connectivity index (χ0) is 19.1. The van der Waals surface area contributed by atoms with Gasteiger partial charge in [-0.3, -0.25) is 4.99 Å². The van der Waals surface area contributed by atoms with E-state index in [0.29, 0.717) is 18.4 Å². The van der Waals surface area contributed by atoms with Crippen molar-refractivity contribution in [2.45, 2.75) is 51.5 Å². The van der Waals surface area contributed by atoms with E-state index in [-0.39, 0.29) is 0 Å². The van der Waals surface area contributed by atoms with Gasteiger partial charge in [0, 0.05) is 31.5 Å². The Hall–Kier alpha value is -2.50. The molecule has 0 radical (unpaired) electrons. The van der Waals surface area contributed by atoms with E-state index in [0.717, 1.165) is 55.6 Å². The standard InChI is InChI=1S/C21H30N4O2/c1-4-15(5-2)19-12-17(27-25-19)14-24-21(22-3)23-13-16-10-11-26-20-9-7-6-8-18(16)20/h6-9,12,15-16H,4-5,10-11,13-14H2,1-3H3,(H2,22,23,24). The molecule has 6 nitrogen and oxygen atoms in total. The predicted molar refractivity (Wildman–Crippen MR) is 107 cm³/mol. The third kappa shape index (κ3) is 4.81. The SMILES string of the molecule is CCC(CC)c1cc(CNC(=NC)NCC2CCOc3ccccc32)on1. The van der Waals surface area contributed by atoms with Gasteiger partial charge in [0.25, 0.3) is 0 Å². The maximum absolute atomic E-state index is 5.74. The molecule has 2 N–H and O–H groups in total. The van der Waals surface area contributed by atoms with Crippen LogP contribution in [0.5, 0.6) is 5.75 Å². The molecule has 2 heterocycles. The summed E-state index contributed by atoms with van der Waals surface area (Å²) in [5.41, 5.74) is 2.30. The lowest BCUT2D eigenvalue weighted by Gasteiger charge is -2.26. The van der Waals surface area contributed by atoms with Crippen molar-refractivity contribution >= 4 is 5.96 Å². The summed E-state index contributed by atoms with van der Waals surface area (Å²) in [5, 5.41) is 11.0. The Kier molecular flexibility index (Phi) is 6.74. The van der Waals surface area contributed by atoms with Crippen molar-refractivity contribution < 1.29 is 9.26 Å². The largest absolute Gasteiger partial charge is 0.493 e. The lowest BCUT2D eigenvalue weighted by atomic mass is 9.93. The van der Waals surface area contributed by atoms with Crippen molar-refractivity contribution in [2.75, 3.05) is 20.2 Å². The summed E-state index contributed by atoms with van der Waals surface area (Å²) in [6.45, 7) is 6.50. The molecular formula is C21H30N4O2. The van der Waals surface area contributed by atoms with Crippen LogP contribution >= 0.6 is 0 Å². The van der Waals surface area contributed by atoms with E-state index in [2.05, 4.69) is 46.8 Å². The molecule has 0 bridgehead atoms. The molecule has 0 saturated heterocycles. The van der Waals surface area contributed by atoms with Crippen molar-refractivity contribution in [3.8, 4) is 5.75 Å². The highest BCUT2D eigenvalue weighted by Crippen LogP contribution is 2.32. The number of hydrogen-bond acceptors (Lipinski definition) is 4. The molecule has 0 fully saturated rings. The zero-order valence-electron chi connectivity index (χ0n) is 16.5. The molecule has 1 aliphatic rings. The van der Waals surface area contributed by atoms with E-state index >= 15 is 0 Å². The van der Waals surface area contributed by atoms with E-state index in [1.807, 2.05) is 18.2 Å². The first-order chi connectivity index (χ1) is 13.2. The van der Waals surface area contributed by atoms with Gasteiger partial charge >= 0.3 is 0 Å². The molecule has 0 saturated carbocycles. The first-order valence-corrected chi connectivity index (χ1v) is 9.86. The molecule has 1 aliphatic heterocycles. The quantitative estimate of drug-likeness (QED) is 0.573. The van der Waals surface area contributed by atoms with Crippen LogP contribution in [-0.2, 0) is 6.54 Å². The predicted octanol–water partition coefficient (Wildman–Crippen LogP) is 3.81. The Morgan fingerprint density at radius 2 is 2.07 bits per heavy atom. The average molecular weight is 370 g/mol. The maximum Gasteiger partial charge on any atom is 0.191 e. The molecule has 0 spiro atoms. The van der Waals surface area contributed by atoms with E-state index in [4.69, 9.17) is 9.26 Å². The summed E-state index contributed by atoms with van der Waals surface area (Å²) in [5.74, 6) is 3.47. The first kappa shape index (κ1) is 19.3. The summed E-state index contributed by atoms with van der Waals surface area (Å²) in [6.07, 6.45) is 3.15. The van der Waals surface area contributed by atoms with Gasteiger partial charge in [0.15, 0.2) is 11.7 Å². The number of fused-ring (bicyclic) bond motifs is 1. The molecular weight excluding hydrogens is 340 g/mol. The molecule has 27 heavy (non-hydrogen) atoms. The maximum atomic E-state index is 5.74. The van der Waals surface area contributed by atoms with Gasteiger partial charge in [-0.25, -0.2) is 0 Å². The number of guanidine groups is 1. The smallest absolute Gasteiger partial charge is 0.191 e. The van der Waals surface area contributed by atoms with Crippen LogP contribution in [0.4, 0.5) is 0 Å². The molecule has 3 rings (SSSR count). The Morgan fingerprint density at radius 3 is 2.85 bits per heavy atom. The second kappa shape index (κ2) is 9.44. The summed E-state index contributed by atoms with van der Waals surface area (Å²) >= 11 is 0. The summed E-state index contributed by atoms with van der Waals surface area (Å²) < 4.78 is 11.2. The molecule has 1 unspecified atom stereocenters. The van der Waals surface area contributed by atoms with Crippen molar-refractivity contribution in [1.82, 2.24) is 15.8 Å². The molecule has 146 valence electrons. The highest BCUT2D eigenvalue weighted by Gasteiger charge is 2.21. The highest BCUT2D eigenvalue weighted by molar-refractivity contribution is 5.79. The Balaban J connectivity index is 1.52. The van der Waals surface area contributed by atoms with Crippen LogP contribution in [0, 0.1) is 0 Å². The lowest BCUT2D eigenvalue weighted by molar-refractivity contribution is 0.267. The molecule has 1 aromatic carbocycles. The minimum absolute atomic E-state index is 0.417. The number of rotatable bonds is 7. The minimum atomic E-state index is 0.417. The third-order valence-electron chi connectivity index (χ3n) is 5.23. The van der Waals surface area contributed by atoms with Crippen LogP contribution in [0.25, 0.3) is 0 Å². The second-order valence-electron chi connectivity index (χ2n) is 6.91. The Morgan fingerprint density at radius 1 is 1.26 bits per heavy atom. The fourth-order valence-corrected chi connectivity index (χ4v) is 3.55. The summed E-state index contributed by atoms with van der Waals surface area (Å²) in [7, 11) is 1.78. The van der Waals surface area contributed by atoms with E-state index < -0.39 is 0 Å². The topological polar surface area (TPSA) is 71.7 Å². The van der Waals surface area contributed by atoms with Crippen molar-refractivity contribution in [2.24, 2.45) is 4.99 Å². The normalized spacial score (nSPS) is 16.7. The van der Waals surface area contributed by atoms with Gasteiger partial charge in [-0.05, 0) is 30.9 Å². The summed E-state index contributed by atoms with van der Waals surface area (Å²) in [4.78, 5) is 4.32. The van der Waals surface area contributed by atoms with E-state index in [9.17, 15) is 0 Å². The second-order valence-corrected chi connectivity index (χ2v) is 6.91. The van der Waals surface area contributed by atoms with E-state index in [1.54, 1.807) is 7.05 Å². The van der Waals surface area contributed by atoms with Crippen LogP contribution in [0.1, 0.15) is 62.0 Å². The third-order valence-corrected chi connectivity index (χ3v) is 5.23. The summed E-state index contributed by atoms with van der Waals surface area (Å²) in [6, 6.07) is 10.3. The van der Waals surface area contributed by atoms with Crippen LogP contribution in [-0.4, -0.2) is 31.3 Å². The minimum Gasteiger partial charge on any atom is -0.493 e. The van der Waals surface area contributed by atoms with Crippen LogP contribution in [0.2, 0.25) is 0 Å². The molecule has 1 atom stereocenters. The molecule has 0 aliphatic carbocycles. The number of ether oxygens (including phenoxy) is 1. The Bertz CT molecular complexity index is 752. The van der Waals surface area contributed by atoms with Gasteiger partial charge in [0.05, 0.1) is 18.8 Å². The van der Waals surface area contributed by atoms with Gasteiger partial charge in [0.2, 0.25) is 0 Å². The van der Waals surface area contributed by atoms with Gasteiger partial charge in [-0.2, -0.15) is 0 Å². The number of hydrogen-bond donors (Lipinski definition) is 2. The number of nitrogens with one attached hydrogen (secondary N) is 2. The van der Waals surface area contributed by atoms with Gasteiger partial charge in [-0.15, -0.1) is 0 Å². The van der Waals surface area contributed by atoms with Gasteiger partial charge in [-0.1, -0.05) is 37.2 Å². The number of benzene rings is 1.